The Morgan fingerprint density at radius 3 is 1.06 bits per heavy atom. The van der Waals surface area contributed by atoms with Gasteiger partial charge in [0.1, 0.15) is 41.2 Å². The summed E-state index contributed by atoms with van der Waals surface area (Å²) in [6, 6.07) is 67.8. The molecule has 1 fully saturated rings. The number of aromatic nitrogens is 15. The number of amides is 4. The predicted octanol–water partition coefficient (Wildman–Crippen LogP) is 20.1. The second-order valence-corrected chi connectivity index (χ2v) is 36.3. The maximum absolute atomic E-state index is 13.0. The number of hydrogen-bond donors (Lipinski definition) is 0. The summed E-state index contributed by atoms with van der Waals surface area (Å²) in [6.07, 6.45) is 15.7. The maximum Gasteiger partial charge on any atom is 0.233 e. The van der Waals surface area contributed by atoms with Crippen molar-refractivity contribution in [1.29, 1.82) is 0 Å². The van der Waals surface area contributed by atoms with Gasteiger partial charge in [-0.15, -0.1) is 0 Å². The van der Waals surface area contributed by atoms with Gasteiger partial charge in [-0.2, -0.15) is 5.10 Å². The van der Waals surface area contributed by atoms with Gasteiger partial charge in [-0.1, -0.05) is 255 Å². The van der Waals surface area contributed by atoms with Crippen LogP contribution in [-0.2, 0) is 89.9 Å². The van der Waals surface area contributed by atoms with Crippen LogP contribution in [0.15, 0.2) is 255 Å². The standard InChI is InChI=1S/C30H30N6O2.C27H27N5O.C27H26N4O2.C26H25N5O/c1-20(2)24-5-3-4-6-25(24)29-31-17-23-15-28(37)36(30(23)34-29)18-21-7-9-22(10-8-21)26-16-27(33-19-32-26)35-11-13-38-14-12-35;1-17(2)22-7-5-6-8-23(22)26-28-14-21-13-25(33)32(27(21)30-26)16-19-9-11-20(12-10-19)24-15-29-31(4)18(24)3;1-16(2)22-7-5-6-8-23(22)26-28-14-21-13-24(32)31(27(21)29-26)15-19-9-11-20(12-10-19)25-17(3)30-33-18(25)4;1-17(2)21-6-4-5-7-22(21)25-28-13-20-12-24(32)31(26(20)29-25)15-18-8-10-19(11-9-18)23-14-27-16-30(23)3/h3-10,16-17,19-20H,11-15,18H2,1-2H3;5-12,14-15,17H,13,16H2,1-4H3;5-12,14,16H,13,15H2,1-4H3;4-11,13-14,16-17H,12,15H2,1-3H3. The lowest BCUT2D eigenvalue weighted by Gasteiger charge is -2.27. The minimum absolute atomic E-state index is 0.0404. The highest BCUT2D eigenvalue weighted by molar-refractivity contribution is 6.03. The lowest BCUT2D eigenvalue weighted by molar-refractivity contribution is -0.118. The first-order valence-corrected chi connectivity index (χ1v) is 46.3. The molecule has 0 bridgehead atoms. The van der Waals surface area contributed by atoms with Crippen molar-refractivity contribution in [3.05, 3.63) is 334 Å². The molecule has 0 radical (unpaired) electrons. The van der Waals surface area contributed by atoms with E-state index >= 15 is 0 Å². The van der Waals surface area contributed by atoms with Crippen LogP contribution in [0.3, 0.4) is 0 Å². The zero-order chi connectivity index (χ0) is 94.5. The Morgan fingerprint density at radius 2 is 0.728 bits per heavy atom. The van der Waals surface area contributed by atoms with Gasteiger partial charge in [0.2, 0.25) is 23.6 Å². The summed E-state index contributed by atoms with van der Waals surface area (Å²) in [5.41, 5.74) is 26.9. The number of rotatable bonds is 21. The molecule has 26 heteroatoms. The third-order valence-corrected chi connectivity index (χ3v) is 25.7. The van der Waals surface area contributed by atoms with E-state index in [-0.39, 0.29) is 23.6 Å². The number of hydrogen-bond acceptors (Lipinski definition) is 20. The van der Waals surface area contributed by atoms with Crippen molar-refractivity contribution in [2.45, 2.75) is 152 Å². The van der Waals surface area contributed by atoms with Crippen LogP contribution in [-0.4, -0.2) is 124 Å². The summed E-state index contributed by atoms with van der Waals surface area (Å²) >= 11 is 0. The SMILES string of the molecule is CC(C)c1ccccc1-c1ncc2c(n1)N(Cc1ccc(-c3cc(N4CCOCC4)ncn3)cc1)C(=O)C2.CC(C)c1ccccc1-c1ncc2c(n1)N(Cc1ccc(-c3cncn3C)cc1)C(=O)C2.Cc1c(-c2ccc(CN3C(=O)Cc4cnc(-c5ccccc5C(C)C)nc43)cc2)cnn1C.Cc1noc(C)c1-c1ccc(CN2C(=O)Cc3cnc(-c4ccccc4C(C)C)nc32)cc1. The molecule has 0 saturated carbocycles. The highest BCUT2D eigenvalue weighted by atomic mass is 16.5. The van der Waals surface area contributed by atoms with Crippen LogP contribution in [0, 0.1) is 20.8 Å². The normalized spacial score (nSPS) is 13.7. The number of morpholine rings is 1. The topological polar surface area (TPSA) is 284 Å². The first-order valence-electron chi connectivity index (χ1n) is 46.3. The van der Waals surface area contributed by atoms with Gasteiger partial charge in [0, 0.05) is 125 Å². The summed E-state index contributed by atoms with van der Waals surface area (Å²) in [7, 11) is 3.92. The fourth-order valence-corrected chi connectivity index (χ4v) is 18.2. The van der Waals surface area contributed by atoms with E-state index in [0.29, 0.717) is 129 Å². The molecular weight excluding hydrogens is 1700 g/mol. The molecule has 5 aliphatic rings. The third kappa shape index (κ3) is 19.4. The van der Waals surface area contributed by atoms with Crippen LogP contribution in [0.1, 0.15) is 163 Å². The molecule has 26 nitrogen and oxygen atoms in total. The van der Waals surface area contributed by atoms with Gasteiger partial charge < -0.3 is 18.7 Å². The molecule has 8 aromatic carbocycles. The van der Waals surface area contributed by atoms with Crippen molar-refractivity contribution in [2.75, 3.05) is 50.8 Å². The van der Waals surface area contributed by atoms with Crippen molar-refractivity contribution in [3.8, 4) is 90.3 Å². The van der Waals surface area contributed by atoms with Crippen LogP contribution >= 0.6 is 0 Å². The Morgan fingerprint density at radius 1 is 0.375 bits per heavy atom. The number of aryl methyl sites for hydroxylation is 4. The molecule has 0 N–H and O–H groups in total. The Balaban J connectivity index is 0.000000121. The average Bonchev–Trinajstić information content (AvgIpc) is 1.66. The lowest BCUT2D eigenvalue weighted by Crippen LogP contribution is -2.36. The summed E-state index contributed by atoms with van der Waals surface area (Å²) in [5.74, 6) is 8.82. The van der Waals surface area contributed by atoms with Gasteiger partial charge in [0.05, 0.1) is 101 Å². The molecule has 0 aliphatic carbocycles. The number of carbonyl (C=O) groups excluding carboxylic acids is 4. The number of benzene rings is 8. The molecule has 5 aliphatic heterocycles. The second-order valence-electron chi connectivity index (χ2n) is 36.3. The third-order valence-electron chi connectivity index (χ3n) is 25.7. The van der Waals surface area contributed by atoms with Gasteiger partial charge in [0.25, 0.3) is 0 Å². The fraction of sp³-hybridized carbons (Fsp3) is 0.264. The van der Waals surface area contributed by atoms with E-state index in [1.54, 1.807) is 57.0 Å². The Hall–Kier alpha value is -15.6. The fourth-order valence-electron chi connectivity index (χ4n) is 18.2. The number of carbonyl (C=O) groups is 4. The van der Waals surface area contributed by atoms with Gasteiger partial charge in [-0.05, 0) is 106 Å². The molecule has 1 saturated heterocycles. The molecule has 684 valence electrons. The molecule has 13 heterocycles. The molecule has 16 aromatic rings. The second kappa shape index (κ2) is 39.7. The predicted molar refractivity (Wildman–Crippen MR) is 530 cm³/mol. The Labute approximate surface area is 791 Å². The molecule has 8 aromatic heterocycles. The molecule has 4 amide bonds. The van der Waals surface area contributed by atoms with E-state index < -0.39 is 0 Å². The first-order chi connectivity index (χ1) is 65.9. The van der Waals surface area contributed by atoms with Crippen molar-refractivity contribution in [2.24, 2.45) is 14.1 Å². The van der Waals surface area contributed by atoms with Gasteiger partial charge in [-0.25, -0.2) is 54.8 Å². The summed E-state index contributed by atoms with van der Waals surface area (Å²) in [6.45, 7) is 28.2. The Kier molecular flexibility index (Phi) is 26.5. The minimum Gasteiger partial charge on any atom is -0.378 e. The molecule has 21 rings (SSSR count). The lowest BCUT2D eigenvalue weighted by atomic mass is 9.97. The van der Waals surface area contributed by atoms with Crippen LogP contribution in [0.2, 0.25) is 0 Å². The largest absolute Gasteiger partial charge is 0.378 e. The van der Waals surface area contributed by atoms with E-state index in [0.717, 1.165) is 153 Å². The van der Waals surface area contributed by atoms with Crippen molar-refractivity contribution >= 4 is 52.7 Å². The van der Waals surface area contributed by atoms with E-state index in [9.17, 15) is 19.2 Å². The number of fused-ring (bicyclic) bond motifs is 4. The number of imidazole rings is 1. The van der Waals surface area contributed by atoms with Crippen molar-refractivity contribution in [1.82, 2.24) is 74.3 Å². The van der Waals surface area contributed by atoms with Crippen LogP contribution in [0.25, 0.3) is 90.3 Å². The number of ether oxygens (including phenoxy) is 1. The summed E-state index contributed by atoms with van der Waals surface area (Å²) in [4.78, 5) is 112. The zero-order valence-corrected chi connectivity index (χ0v) is 78.9. The van der Waals surface area contributed by atoms with E-state index in [2.05, 4.69) is 203 Å². The van der Waals surface area contributed by atoms with E-state index in [1.807, 2.05) is 159 Å². The molecule has 0 atom stereocenters. The maximum atomic E-state index is 13.0. The van der Waals surface area contributed by atoms with Crippen LogP contribution in [0.4, 0.5) is 29.1 Å². The monoisotopic (exact) mass is 1800 g/mol. The Bertz CT molecular complexity index is 7100. The van der Waals surface area contributed by atoms with E-state index in [1.165, 1.54) is 22.3 Å². The van der Waals surface area contributed by atoms with Gasteiger partial charge >= 0.3 is 0 Å². The summed E-state index contributed by atoms with van der Waals surface area (Å²) in [5, 5.41) is 8.37. The van der Waals surface area contributed by atoms with Crippen molar-refractivity contribution in [3.63, 3.8) is 0 Å². The zero-order valence-electron chi connectivity index (χ0n) is 78.9. The average molecular weight is 1810 g/mol. The van der Waals surface area contributed by atoms with Crippen LogP contribution < -0.4 is 24.5 Å². The van der Waals surface area contributed by atoms with Gasteiger partial charge in [0.15, 0.2) is 23.3 Å². The van der Waals surface area contributed by atoms with Crippen molar-refractivity contribution < 1.29 is 28.4 Å². The highest BCUT2D eigenvalue weighted by Gasteiger charge is 2.36. The first kappa shape index (κ1) is 90.9. The molecule has 0 unspecified atom stereocenters. The minimum atomic E-state index is 0.0404. The van der Waals surface area contributed by atoms with Crippen LogP contribution in [0.5, 0.6) is 0 Å². The number of anilines is 5. The number of nitrogens with zero attached hydrogens (tertiary/aromatic N) is 20. The molecule has 136 heavy (non-hydrogen) atoms. The molecular formula is C110H108N20O6. The quantitative estimate of drug-likeness (QED) is 0.0646. The molecule has 0 spiro atoms. The summed E-state index contributed by atoms with van der Waals surface area (Å²) < 4.78 is 14.6. The van der Waals surface area contributed by atoms with Gasteiger partial charge in [-0.3, -0.25) is 43.5 Å². The van der Waals surface area contributed by atoms with E-state index in [4.69, 9.17) is 29.2 Å². The smallest absolute Gasteiger partial charge is 0.233 e. The highest BCUT2D eigenvalue weighted by Crippen LogP contribution is 2.41.